The number of phenols is 2. The van der Waals surface area contributed by atoms with Crippen LogP contribution in [-0.2, 0) is 38.6 Å². The molecule has 0 aliphatic rings. The largest absolute Gasteiger partial charge is 2.00 e. The van der Waals surface area contributed by atoms with E-state index in [1.54, 1.807) is 0 Å². The monoisotopic (exact) mass is 600 g/mol. The average molecular weight is 602 g/mol. The number of aryl methyl sites for hydroxylation is 4. The van der Waals surface area contributed by atoms with Crippen LogP contribution in [0.2, 0.25) is 0 Å². The molecule has 0 aliphatic carbocycles. The third-order valence-electron chi connectivity index (χ3n) is 4.52. The van der Waals surface area contributed by atoms with Gasteiger partial charge in [0.1, 0.15) is 11.5 Å². The first-order valence-electron chi connectivity index (χ1n) is 10.7. The number of hydrogen-bond acceptors (Lipinski definition) is 2. The predicted octanol–water partition coefficient (Wildman–Crippen LogP) is 8.86. The van der Waals surface area contributed by atoms with Gasteiger partial charge in [-0.15, -0.1) is 0 Å². The van der Waals surface area contributed by atoms with Crippen LogP contribution in [0, 0.1) is 27.7 Å². The van der Waals surface area contributed by atoms with E-state index in [0.29, 0.717) is 0 Å². The molecule has 0 saturated heterocycles. The van der Waals surface area contributed by atoms with E-state index in [4.69, 9.17) is 10.2 Å². The van der Waals surface area contributed by atoms with Gasteiger partial charge in [0.2, 0.25) is 0 Å². The number of benzene rings is 2. The van der Waals surface area contributed by atoms with Gasteiger partial charge in [0.15, 0.2) is 0 Å². The number of halogens is 6. The van der Waals surface area contributed by atoms with Gasteiger partial charge in [0, 0.05) is 0 Å². The molecule has 2 nitrogen and oxygen atoms in total. The Labute approximate surface area is 232 Å². The Balaban J connectivity index is 0.000000473. The normalized spacial score (nSPS) is 10.4. The molecule has 0 bridgehead atoms. The zero-order valence-corrected chi connectivity index (χ0v) is 23.2. The van der Waals surface area contributed by atoms with Crippen molar-refractivity contribution >= 4 is 0 Å². The van der Waals surface area contributed by atoms with Crippen molar-refractivity contribution in [3.05, 3.63) is 118 Å². The van der Waals surface area contributed by atoms with Gasteiger partial charge in [-0.1, -0.05) is 27.7 Å². The van der Waals surface area contributed by atoms with Gasteiger partial charge < -0.3 is 10.2 Å². The molecular formula is C28H28F6O2Zr. The third-order valence-corrected chi connectivity index (χ3v) is 4.52. The molecule has 0 aromatic heterocycles. The minimum absolute atomic E-state index is 0. The van der Waals surface area contributed by atoms with Crippen molar-refractivity contribution in [3.63, 3.8) is 0 Å². The number of phenolic OH excluding ortho intramolecular Hbond substituents is 2. The molecule has 9 heteroatoms. The Kier molecular flexibility index (Phi) is 14.3. The minimum Gasteiger partial charge on any atom is -0.508 e. The van der Waals surface area contributed by atoms with Crippen molar-refractivity contribution in [2.45, 2.75) is 40.0 Å². The van der Waals surface area contributed by atoms with Crippen LogP contribution in [0.15, 0.2) is 84.9 Å². The molecule has 0 aliphatic heterocycles. The van der Waals surface area contributed by atoms with Gasteiger partial charge >= 0.3 is 38.6 Å². The summed E-state index contributed by atoms with van der Waals surface area (Å²) in [5.74, 6) is -0.337. The van der Waals surface area contributed by atoms with Crippen molar-refractivity contribution in [2.75, 3.05) is 0 Å². The molecule has 4 aromatic rings. The number of aromatic hydroxyl groups is 2. The van der Waals surface area contributed by atoms with Gasteiger partial charge in [-0.25, -0.2) is 23.3 Å². The zero-order valence-electron chi connectivity index (χ0n) is 20.7. The SMILES string of the molecule is Cc1cc[c-](C)c1.Cc1cc[c-](C)c1.Oc1ccc(C(F)(F)F)cc1.Oc1ccc(C(F)(F)F)cc1.[Zr+2]. The number of rotatable bonds is 0. The molecule has 4 aromatic carbocycles. The van der Waals surface area contributed by atoms with Crippen LogP contribution in [0.3, 0.4) is 0 Å². The van der Waals surface area contributed by atoms with Crippen molar-refractivity contribution in [1.29, 1.82) is 0 Å². The summed E-state index contributed by atoms with van der Waals surface area (Å²) >= 11 is 0. The van der Waals surface area contributed by atoms with Gasteiger partial charge in [-0.2, -0.15) is 61.7 Å². The van der Waals surface area contributed by atoms with Crippen LogP contribution >= 0.6 is 0 Å². The standard InChI is InChI=1S/2C7H5F3O.2C7H9.Zr/c2*8-7(9,10)5-1-3-6(11)4-2-5;2*1-6-3-4-7(2)5-6;/h2*1-4,11H;2*3-5H,1-2H3;/q;;2*-1;+2. The van der Waals surface area contributed by atoms with E-state index in [2.05, 4.69) is 64.1 Å². The molecule has 0 fully saturated rings. The first kappa shape index (κ1) is 34.2. The van der Waals surface area contributed by atoms with Crippen molar-refractivity contribution in [1.82, 2.24) is 0 Å². The van der Waals surface area contributed by atoms with Gasteiger partial charge in [0.05, 0.1) is 11.1 Å². The topological polar surface area (TPSA) is 40.5 Å². The molecule has 0 spiro atoms. The van der Waals surface area contributed by atoms with E-state index in [-0.39, 0.29) is 37.7 Å². The Morgan fingerprint density at radius 3 is 0.946 bits per heavy atom. The number of alkyl halides is 6. The first-order chi connectivity index (χ1) is 16.6. The molecule has 198 valence electrons. The summed E-state index contributed by atoms with van der Waals surface area (Å²) in [5.41, 5.74) is 3.93. The van der Waals surface area contributed by atoms with Gasteiger partial charge in [-0.3, -0.25) is 0 Å². The van der Waals surface area contributed by atoms with Crippen LogP contribution in [0.1, 0.15) is 33.4 Å². The Bertz CT molecular complexity index is 1030. The van der Waals surface area contributed by atoms with Gasteiger partial charge in [0.25, 0.3) is 0 Å². The second-order valence-electron chi connectivity index (χ2n) is 8.02. The first-order valence-corrected chi connectivity index (χ1v) is 10.7. The van der Waals surface area contributed by atoms with E-state index in [1.807, 2.05) is 0 Å². The van der Waals surface area contributed by atoms with Crippen LogP contribution in [-0.4, -0.2) is 10.2 Å². The fourth-order valence-electron chi connectivity index (χ4n) is 2.74. The van der Waals surface area contributed by atoms with E-state index < -0.39 is 23.5 Å². The van der Waals surface area contributed by atoms with Crippen LogP contribution in [0.25, 0.3) is 0 Å². The molecule has 37 heavy (non-hydrogen) atoms. The van der Waals surface area contributed by atoms with E-state index >= 15 is 0 Å². The van der Waals surface area contributed by atoms with Crippen LogP contribution in [0.5, 0.6) is 11.5 Å². The van der Waals surface area contributed by atoms with Crippen molar-refractivity contribution < 1.29 is 62.8 Å². The quantitative estimate of drug-likeness (QED) is 0.156. The summed E-state index contributed by atoms with van der Waals surface area (Å²) in [6, 6.07) is 20.1. The summed E-state index contributed by atoms with van der Waals surface area (Å²) in [6.07, 6.45) is -8.65. The second kappa shape index (κ2) is 15.5. The molecular weight excluding hydrogens is 574 g/mol. The Morgan fingerprint density at radius 2 is 0.811 bits per heavy atom. The van der Waals surface area contributed by atoms with E-state index in [9.17, 15) is 26.3 Å². The average Bonchev–Trinajstić information content (AvgIpc) is 3.34. The molecule has 0 saturated carbocycles. The molecule has 4 rings (SSSR count). The fourth-order valence-corrected chi connectivity index (χ4v) is 2.74. The van der Waals surface area contributed by atoms with E-state index in [1.165, 1.54) is 22.3 Å². The summed E-state index contributed by atoms with van der Waals surface area (Å²) in [6.45, 7) is 8.42. The summed E-state index contributed by atoms with van der Waals surface area (Å²) < 4.78 is 71.0. The maximum Gasteiger partial charge on any atom is 2.00 e. The fraction of sp³-hybridized carbons (Fsp3) is 0.214. The van der Waals surface area contributed by atoms with Crippen LogP contribution in [0.4, 0.5) is 26.3 Å². The smallest absolute Gasteiger partial charge is 0.508 e. The molecule has 0 radical (unpaired) electrons. The van der Waals surface area contributed by atoms with Crippen molar-refractivity contribution in [2.24, 2.45) is 0 Å². The molecule has 0 heterocycles. The van der Waals surface area contributed by atoms with Gasteiger partial charge in [-0.05, 0) is 48.5 Å². The van der Waals surface area contributed by atoms with Crippen molar-refractivity contribution in [3.8, 4) is 11.5 Å². The Hall–Kier alpha value is -2.80. The molecule has 0 unspecified atom stereocenters. The summed E-state index contributed by atoms with van der Waals surface area (Å²) in [5, 5.41) is 17.3. The Morgan fingerprint density at radius 1 is 0.541 bits per heavy atom. The predicted molar refractivity (Wildman–Crippen MR) is 129 cm³/mol. The molecule has 0 amide bonds. The maximum atomic E-state index is 11.8. The third kappa shape index (κ3) is 14.5. The molecule has 0 atom stereocenters. The zero-order chi connectivity index (χ0) is 27.5. The maximum absolute atomic E-state index is 11.8. The minimum atomic E-state index is -4.33. The van der Waals surface area contributed by atoms with Crippen LogP contribution < -0.4 is 0 Å². The second-order valence-corrected chi connectivity index (χ2v) is 8.02. The summed E-state index contributed by atoms with van der Waals surface area (Å²) in [4.78, 5) is 0. The number of hydrogen-bond donors (Lipinski definition) is 2. The molecule has 2 N–H and O–H groups in total. The van der Waals surface area contributed by atoms with E-state index in [0.717, 1.165) is 48.5 Å². The summed E-state index contributed by atoms with van der Waals surface area (Å²) in [7, 11) is 0.